The number of rotatable bonds is 1. The Hall–Kier alpha value is 0.210. The highest BCUT2D eigenvalue weighted by Gasteiger charge is 2.14. The number of hydrogen-bond donors (Lipinski definition) is 1. The molecule has 0 bridgehead atoms. The van der Waals surface area contributed by atoms with Crippen molar-refractivity contribution in [3.63, 3.8) is 0 Å². The second-order valence-electron chi connectivity index (χ2n) is 2.93. The third kappa shape index (κ3) is 2.86. The number of nitrogens with zero attached hydrogens (tertiary/aromatic N) is 1. The lowest BCUT2D eigenvalue weighted by atomic mass is 9.98. The minimum absolute atomic E-state index is 0. The topological polar surface area (TPSA) is 23.5 Å². The fourth-order valence-corrected chi connectivity index (χ4v) is 1.24. The van der Waals surface area contributed by atoms with Crippen LogP contribution in [0.4, 0.5) is 0 Å². The molecule has 0 atom stereocenters. The molecule has 0 saturated carbocycles. The second-order valence-corrected chi connectivity index (χ2v) is 2.93. The van der Waals surface area contributed by atoms with Gasteiger partial charge < -0.3 is 10.0 Å². The second kappa shape index (κ2) is 4.94. The molecule has 1 fully saturated rings. The largest absolute Gasteiger partial charge is 0.396 e. The Morgan fingerprint density at radius 1 is 1.40 bits per heavy atom. The van der Waals surface area contributed by atoms with Crippen molar-refractivity contribution in [1.29, 1.82) is 0 Å². The normalized spacial score (nSPS) is 22.2. The quantitative estimate of drug-likeness (QED) is 0.620. The molecule has 1 aliphatic heterocycles. The highest BCUT2D eigenvalue weighted by Crippen LogP contribution is 2.14. The third-order valence-corrected chi connectivity index (χ3v) is 2.10. The SMILES string of the molecule is CN1CCC(CO)CC1.Cl. The van der Waals surface area contributed by atoms with Crippen LogP contribution in [-0.2, 0) is 0 Å². The number of hydrogen-bond acceptors (Lipinski definition) is 2. The number of halogens is 1. The van der Waals surface area contributed by atoms with Gasteiger partial charge in [0.15, 0.2) is 0 Å². The van der Waals surface area contributed by atoms with Crippen LogP contribution < -0.4 is 0 Å². The van der Waals surface area contributed by atoms with Crippen LogP contribution in [0, 0.1) is 5.92 Å². The fourth-order valence-electron chi connectivity index (χ4n) is 1.24. The van der Waals surface area contributed by atoms with Gasteiger partial charge in [0.25, 0.3) is 0 Å². The van der Waals surface area contributed by atoms with E-state index in [0.29, 0.717) is 12.5 Å². The fraction of sp³-hybridized carbons (Fsp3) is 1.00. The molecule has 1 heterocycles. The molecule has 1 N–H and O–H groups in total. The zero-order chi connectivity index (χ0) is 6.69. The van der Waals surface area contributed by atoms with E-state index in [1.165, 1.54) is 12.8 Å². The smallest absolute Gasteiger partial charge is 0.0460 e. The average Bonchev–Trinajstić information content (AvgIpc) is 1.90. The molecular weight excluding hydrogens is 150 g/mol. The minimum atomic E-state index is 0. The Bertz CT molecular complexity index is 81.7. The first kappa shape index (κ1) is 10.2. The van der Waals surface area contributed by atoms with E-state index in [1.807, 2.05) is 0 Å². The highest BCUT2D eigenvalue weighted by molar-refractivity contribution is 5.85. The maximum atomic E-state index is 8.76. The Balaban J connectivity index is 0.000000810. The molecule has 3 heteroatoms. The standard InChI is InChI=1S/C7H15NO.ClH/c1-8-4-2-7(6-9)3-5-8;/h7,9H,2-6H2,1H3;1H. The molecule has 0 radical (unpaired) electrons. The van der Waals surface area contributed by atoms with Crippen molar-refractivity contribution in [2.45, 2.75) is 12.8 Å². The molecule has 1 rings (SSSR count). The van der Waals surface area contributed by atoms with Gasteiger partial charge >= 0.3 is 0 Å². The molecule has 0 unspecified atom stereocenters. The summed E-state index contributed by atoms with van der Waals surface area (Å²) in [6.45, 7) is 2.70. The van der Waals surface area contributed by atoms with Crippen molar-refractivity contribution in [2.24, 2.45) is 5.92 Å². The molecular formula is C7H16ClNO. The van der Waals surface area contributed by atoms with E-state index in [1.54, 1.807) is 0 Å². The zero-order valence-electron chi connectivity index (χ0n) is 6.42. The van der Waals surface area contributed by atoms with Gasteiger partial charge in [-0.1, -0.05) is 0 Å². The van der Waals surface area contributed by atoms with Gasteiger partial charge in [0.1, 0.15) is 0 Å². The molecule has 2 nitrogen and oxygen atoms in total. The maximum Gasteiger partial charge on any atom is 0.0460 e. The summed E-state index contributed by atoms with van der Waals surface area (Å²) in [6, 6.07) is 0. The first-order chi connectivity index (χ1) is 4.33. The van der Waals surface area contributed by atoms with Crippen LogP contribution in [0.2, 0.25) is 0 Å². The first-order valence-corrected chi connectivity index (χ1v) is 3.62. The highest BCUT2D eigenvalue weighted by atomic mass is 35.5. The van der Waals surface area contributed by atoms with Crippen LogP contribution in [0.25, 0.3) is 0 Å². The third-order valence-electron chi connectivity index (χ3n) is 2.10. The summed E-state index contributed by atoms with van der Waals surface area (Å²) in [6.07, 6.45) is 2.35. The Morgan fingerprint density at radius 3 is 2.30 bits per heavy atom. The Kier molecular flexibility index (Phi) is 5.04. The average molecular weight is 166 g/mol. The Morgan fingerprint density at radius 2 is 1.90 bits per heavy atom. The molecule has 1 saturated heterocycles. The van der Waals surface area contributed by atoms with Crippen LogP contribution >= 0.6 is 12.4 Å². The maximum absolute atomic E-state index is 8.76. The van der Waals surface area contributed by atoms with Gasteiger partial charge in [0, 0.05) is 6.61 Å². The number of piperidine rings is 1. The first-order valence-electron chi connectivity index (χ1n) is 3.62. The molecule has 0 aliphatic carbocycles. The van der Waals surface area contributed by atoms with E-state index in [-0.39, 0.29) is 12.4 Å². The summed E-state index contributed by atoms with van der Waals surface area (Å²) in [5.74, 6) is 0.584. The number of aliphatic hydroxyl groups excluding tert-OH is 1. The minimum Gasteiger partial charge on any atom is -0.396 e. The van der Waals surface area contributed by atoms with Crippen LogP contribution in [0.5, 0.6) is 0 Å². The predicted molar refractivity (Wildman–Crippen MR) is 44.6 cm³/mol. The predicted octanol–water partition coefficient (Wildman–Crippen LogP) is 0.742. The summed E-state index contributed by atoms with van der Waals surface area (Å²) in [5.41, 5.74) is 0. The lowest BCUT2D eigenvalue weighted by Crippen LogP contribution is -2.31. The molecule has 0 aromatic carbocycles. The van der Waals surface area contributed by atoms with Gasteiger partial charge in [-0.3, -0.25) is 0 Å². The molecule has 0 spiro atoms. The molecule has 62 valence electrons. The monoisotopic (exact) mass is 165 g/mol. The summed E-state index contributed by atoms with van der Waals surface area (Å²) < 4.78 is 0. The van der Waals surface area contributed by atoms with Crippen LogP contribution in [0.15, 0.2) is 0 Å². The molecule has 10 heavy (non-hydrogen) atoms. The van der Waals surface area contributed by atoms with E-state index in [4.69, 9.17) is 5.11 Å². The molecule has 0 amide bonds. The summed E-state index contributed by atoms with van der Waals surface area (Å²) >= 11 is 0. The van der Waals surface area contributed by atoms with E-state index >= 15 is 0 Å². The van der Waals surface area contributed by atoms with E-state index in [2.05, 4.69) is 11.9 Å². The summed E-state index contributed by atoms with van der Waals surface area (Å²) in [5, 5.41) is 8.76. The van der Waals surface area contributed by atoms with Crippen molar-refractivity contribution in [2.75, 3.05) is 26.7 Å². The lowest BCUT2D eigenvalue weighted by Gasteiger charge is -2.27. The summed E-state index contributed by atoms with van der Waals surface area (Å²) in [7, 11) is 2.13. The zero-order valence-corrected chi connectivity index (χ0v) is 7.23. The van der Waals surface area contributed by atoms with Gasteiger partial charge in [-0.2, -0.15) is 0 Å². The van der Waals surface area contributed by atoms with Gasteiger partial charge in [0.05, 0.1) is 0 Å². The van der Waals surface area contributed by atoms with Crippen molar-refractivity contribution in [3.05, 3.63) is 0 Å². The number of aliphatic hydroxyl groups is 1. The van der Waals surface area contributed by atoms with Crippen molar-refractivity contribution in [3.8, 4) is 0 Å². The lowest BCUT2D eigenvalue weighted by molar-refractivity contribution is 0.148. The van der Waals surface area contributed by atoms with Crippen LogP contribution in [-0.4, -0.2) is 36.8 Å². The Labute approximate surface area is 68.6 Å². The van der Waals surface area contributed by atoms with Crippen molar-refractivity contribution >= 4 is 12.4 Å². The van der Waals surface area contributed by atoms with Gasteiger partial charge in [-0.15, -0.1) is 12.4 Å². The summed E-state index contributed by atoms with van der Waals surface area (Å²) in [4.78, 5) is 2.31. The van der Waals surface area contributed by atoms with Gasteiger partial charge in [-0.25, -0.2) is 0 Å². The van der Waals surface area contributed by atoms with Crippen molar-refractivity contribution < 1.29 is 5.11 Å². The van der Waals surface area contributed by atoms with Gasteiger partial charge in [-0.05, 0) is 38.9 Å². The van der Waals surface area contributed by atoms with Crippen molar-refractivity contribution in [1.82, 2.24) is 4.90 Å². The van der Waals surface area contributed by atoms with Crippen LogP contribution in [0.1, 0.15) is 12.8 Å². The molecule has 0 aromatic heterocycles. The molecule has 0 aromatic rings. The van der Waals surface area contributed by atoms with E-state index < -0.39 is 0 Å². The van der Waals surface area contributed by atoms with E-state index in [9.17, 15) is 0 Å². The van der Waals surface area contributed by atoms with Gasteiger partial charge in [0.2, 0.25) is 0 Å². The van der Waals surface area contributed by atoms with Crippen LogP contribution in [0.3, 0.4) is 0 Å². The molecule has 1 aliphatic rings. The van der Waals surface area contributed by atoms with E-state index in [0.717, 1.165) is 13.1 Å². The number of likely N-dealkylation sites (tertiary alicyclic amines) is 1.